The number of ether oxygens (including phenoxy) is 1. The smallest absolute Gasteiger partial charge is 0.141 e. The van der Waals surface area contributed by atoms with E-state index in [4.69, 9.17) is 22.1 Å². The lowest BCUT2D eigenvalue weighted by Crippen LogP contribution is -2.03. The summed E-state index contributed by atoms with van der Waals surface area (Å²) in [5.41, 5.74) is 6.53. The van der Waals surface area contributed by atoms with Crippen LogP contribution in [0.4, 0.5) is 5.82 Å². The fourth-order valence-corrected chi connectivity index (χ4v) is 2.66. The molecule has 0 saturated heterocycles. The lowest BCUT2D eigenvalue weighted by Gasteiger charge is -2.06. The lowest BCUT2D eigenvalue weighted by atomic mass is 10.4. The molecular formula is C13H14ClN3OS. The van der Waals surface area contributed by atoms with E-state index in [1.807, 2.05) is 24.3 Å². The number of benzene rings is 1. The molecule has 1 heterocycles. The third kappa shape index (κ3) is 4.09. The van der Waals surface area contributed by atoms with Gasteiger partial charge in [0.1, 0.15) is 11.6 Å². The molecular weight excluding hydrogens is 282 g/mol. The van der Waals surface area contributed by atoms with Gasteiger partial charge in [0.2, 0.25) is 0 Å². The number of aromatic nitrogens is 2. The Morgan fingerprint density at radius 1 is 1.32 bits per heavy atom. The molecule has 4 nitrogen and oxygen atoms in total. The minimum atomic E-state index is 0.427. The molecule has 1 aromatic carbocycles. The summed E-state index contributed by atoms with van der Waals surface area (Å²) in [6.07, 6.45) is 0. The highest BCUT2D eigenvalue weighted by atomic mass is 35.5. The molecule has 2 rings (SSSR count). The molecule has 0 radical (unpaired) electrons. The fraction of sp³-hybridized carbons (Fsp3) is 0.231. The maximum absolute atomic E-state index is 6.10. The monoisotopic (exact) mass is 295 g/mol. The summed E-state index contributed by atoms with van der Waals surface area (Å²) in [6.45, 7) is 0.427. The van der Waals surface area contributed by atoms with Crippen molar-refractivity contribution in [2.75, 3.05) is 12.8 Å². The maximum Gasteiger partial charge on any atom is 0.141 e. The van der Waals surface area contributed by atoms with Crippen LogP contribution in [0.15, 0.2) is 35.2 Å². The van der Waals surface area contributed by atoms with E-state index < -0.39 is 0 Å². The highest BCUT2D eigenvalue weighted by Crippen LogP contribution is 2.28. The Morgan fingerprint density at radius 2 is 2.11 bits per heavy atom. The average Bonchev–Trinajstić information content (AvgIpc) is 2.37. The van der Waals surface area contributed by atoms with Gasteiger partial charge in [-0.05, 0) is 12.1 Å². The molecule has 6 heteroatoms. The summed E-state index contributed by atoms with van der Waals surface area (Å²) in [7, 11) is 1.62. The van der Waals surface area contributed by atoms with E-state index in [0.717, 1.165) is 15.6 Å². The predicted molar refractivity (Wildman–Crippen MR) is 78.2 cm³/mol. The van der Waals surface area contributed by atoms with Crippen LogP contribution in [0.5, 0.6) is 0 Å². The number of nitrogen functional groups attached to an aromatic ring is 1. The first-order valence-corrected chi connectivity index (χ1v) is 7.04. The van der Waals surface area contributed by atoms with Crippen molar-refractivity contribution in [3.05, 3.63) is 46.9 Å². The van der Waals surface area contributed by atoms with Gasteiger partial charge in [-0.25, -0.2) is 9.97 Å². The van der Waals surface area contributed by atoms with Gasteiger partial charge >= 0.3 is 0 Å². The second-order valence-electron chi connectivity index (χ2n) is 3.85. The van der Waals surface area contributed by atoms with E-state index in [1.54, 1.807) is 24.9 Å². The molecule has 0 bridgehead atoms. The molecule has 19 heavy (non-hydrogen) atoms. The van der Waals surface area contributed by atoms with E-state index >= 15 is 0 Å². The summed E-state index contributed by atoms with van der Waals surface area (Å²) in [5, 5.41) is 0.730. The molecule has 0 saturated carbocycles. The molecule has 0 aliphatic rings. The highest BCUT2D eigenvalue weighted by Gasteiger charge is 2.05. The van der Waals surface area contributed by atoms with Crippen molar-refractivity contribution in [1.82, 2.24) is 9.97 Å². The first-order chi connectivity index (χ1) is 9.19. The number of nitrogens with two attached hydrogens (primary N) is 1. The van der Waals surface area contributed by atoms with Crippen LogP contribution in [0.25, 0.3) is 0 Å². The van der Waals surface area contributed by atoms with Crippen LogP contribution >= 0.6 is 23.4 Å². The SMILES string of the molecule is COCc1cc(N)nc(CSc2ccccc2Cl)n1. The van der Waals surface area contributed by atoms with Gasteiger partial charge in [0.05, 0.1) is 23.1 Å². The summed E-state index contributed by atoms with van der Waals surface area (Å²) < 4.78 is 5.05. The van der Waals surface area contributed by atoms with Crippen molar-refractivity contribution in [1.29, 1.82) is 0 Å². The zero-order chi connectivity index (χ0) is 13.7. The molecule has 100 valence electrons. The zero-order valence-electron chi connectivity index (χ0n) is 10.5. The minimum Gasteiger partial charge on any atom is -0.384 e. The Labute approximate surface area is 121 Å². The van der Waals surface area contributed by atoms with Gasteiger partial charge in [-0.1, -0.05) is 23.7 Å². The standard InChI is InChI=1S/C13H14ClN3OS/c1-18-7-9-6-12(15)17-13(16-9)8-19-11-5-3-2-4-10(11)14/h2-6H,7-8H2,1H3,(H2,15,16,17). The van der Waals surface area contributed by atoms with Gasteiger partial charge in [-0.2, -0.15) is 0 Å². The number of halogens is 1. The molecule has 0 atom stereocenters. The van der Waals surface area contributed by atoms with Gasteiger partial charge in [0.15, 0.2) is 0 Å². The molecule has 0 unspecified atom stereocenters. The molecule has 2 aromatic rings. The topological polar surface area (TPSA) is 61.0 Å². The van der Waals surface area contributed by atoms with Crippen molar-refractivity contribution in [2.45, 2.75) is 17.3 Å². The Bertz CT molecular complexity index is 565. The van der Waals surface area contributed by atoms with Gasteiger partial charge in [0, 0.05) is 18.1 Å². The van der Waals surface area contributed by atoms with Crippen molar-refractivity contribution < 1.29 is 4.74 Å². The van der Waals surface area contributed by atoms with Crippen LogP contribution in [-0.2, 0) is 17.1 Å². The number of methoxy groups -OCH3 is 1. The Hall–Kier alpha value is -1.30. The van der Waals surface area contributed by atoms with E-state index in [-0.39, 0.29) is 0 Å². The van der Waals surface area contributed by atoms with Crippen molar-refractivity contribution in [3.63, 3.8) is 0 Å². The van der Waals surface area contributed by atoms with Crippen LogP contribution in [0.2, 0.25) is 5.02 Å². The highest BCUT2D eigenvalue weighted by molar-refractivity contribution is 7.98. The summed E-state index contributed by atoms with van der Waals surface area (Å²) in [5.74, 6) is 1.75. The number of rotatable bonds is 5. The Balaban J connectivity index is 2.09. The molecule has 0 spiro atoms. The first-order valence-electron chi connectivity index (χ1n) is 5.67. The average molecular weight is 296 g/mol. The predicted octanol–water partition coefficient (Wildman–Crippen LogP) is 3.15. The zero-order valence-corrected chi connectivity index (χ0v) is 12.0. The van der Waals surface area contributed by atoms with Crippen LogP contribution < -0.4 is 5.73 Å². The normalized spacial score (nSPS) is 10.6. The van der Waals surface area contributed by atoms with E-state index in [2.05, 4.69) is 9.97 Å². The summed E-state index contributed by atoms with van der Waals surface area (Å²) in [4.78, 5) is 9.60. The van der Waals surface area contributed by atoms with Gasteiger partial charge < -0.3 is 10.5 Å². The third-order valence-corrected chi connectivity index (χ3v) is 3.84. The second kappa shape index (κ2) is 6.75. The van der Waals surface area contributed by atoms with Crippen LogP contribution in [0, 0.1) is 0 Å². The maximum atomic E-state index is 6.10. The molecule has 0 aliphatic heterocycles. The van der Waals surface area contributed by atoms with Gasteiger partial charge in [-0.3, -0.25) is 0 Å². The van der Waals surface area contributed by atoms with Crippen molar-refractivity contribution in [3.8, 4) is 0 Å². The van der Waals surface area contributed by atoms with Crippen molar-refractivity contribution in [2.24, 2.45) is 0 Å². The Morgan fingerprint density at radius 3 is 2.84 bits per heavy atom. The fourth-order valence-electron chi connectivity index (χ4n) is 1.57. The van der Waals surface area contributed by atoms with Crippen LogP contribution in [0.3, 0.4) is 0 Å². The second-order valence-corrected chi connectivity index (χ2v) is 5.28. The molecule has 2 N–H and O–H groups in total. The van der Waals surface area contributed by atoms with E-state index in [9.17, 15) is 0 Å². The molecule has 0 amide bonds. The summed E-state index contributed by atoms with van der Waals surface area (Å²) >= 11 is 7.68. The largest absolute Gasteiger partial charge is 0.384 e. The van der Waals surface area contributed by atoms with E-state index in [1.165, 1.54) is 0 Å². The first kappa shape index (κ1) is 14.1. The number of hydrogen-bond acceptors (Lipinski definition) is 5. The molecule has 0 aliphatic carbocycles. The van der Waals surface area contributed by atoms with E-state index in [0.29, 0.717) is 24.0 Å². The molecule has 0 fully saturated rings. The van der Waals surface area contributed by atoms with Crippen LogP contribution in [-0.4, -0.2) is 17.1 Å². The van der Waals surface area contributed by atoms with Crippen molar-refractivity contribution >= 4 is 29.2 Å². The van der Waals surface area contributed by atoms with Gasteiger partial charge in [-0.15, -0.1) is 11.8 Å². The lowest BCUT2D eigenvalue weighted by molar-refractivity contribution is 0.181. The molecule has 1 aromatic heterocycles. The minimum absolute atomic E-state index is 0.427. The number of hydrogen-bond donors (Lipinski definition) is 1. The number of anilines is 1. The Kier molecular flexibility index (Phi) is 5.01. The quantitative estimate of drug-likeness (QED) is 0.859. The number of thioether (sulfide) groups is 1. The third-order valence-electron chi connectivity index (χ3n) is 2.33. The number of nitrogens with zero attached hydrogens (tertiary/aromatic N) is 2. The summed E-state index contributed by atoms with van der Waals surface area (Å²) in [6, 6.07) is 9.40. The van der Waals surface area contributed by atoms with Crippen LogP contribution in [0.1, 0.15) is 11.5 Å². The van der Waals surface area contributed by atoms with Gasteiger partial charge in [0.25, 0.3) is 0 Å².